The van der Waals surface area contributed by atoms with E-state index in [4.69, 9.17) is 4.74 Å². The molecule has 2 unspecified atom stereocenters. The Morgan fingerprint density at radius 1 is 1.60 bits per heavy atom. The van der Waals surface area contributed by atoms with E-state index in [-0.39, 0.29) is 0 Å². The van der Waals surface area contributed by atoms with Crippen molar-refractivity contribution >= 4 is 6.47 Å². The first-order valence-corrected chi connectivity index (χ1v) is 5.66. The molecule has 15 heavy (non-hydrogen) atoms. The number of ether oxygens (including phenoxy) is 1. The molecule has 1 heterocycles. The van der Waals surface area contributed by atoms with Crippen LogP contribution in [-0.2, 0) is 9.53 Å². The number of hydrogen-bond acceptors (Lipinski definition) is 4. The molecule has 0 spiro atoms. The lowest BCUT2D eigenvalue weighted by molar-refractivity contribution is -0.134. The van der Waals surface area contributed by atoms with Gasteiger partial charge in [-0.2, -0.15) is 0 Å². The number of rotatable bonds is 6. The van der Waals surface area contributed by atoms with Gasteiger partial charge in [0.25, 0.3) is 6.47 Å². The monoisotopic (exact) mass is 214 g/mol. The van der Waals surface area contributed by atoms with E-state index in [1.165, 1.54) is 6.42 Å². The SMILES string of the molecule is CC1CNC(CN(COC=O)C(C)C)C1. The topological polar surface area (TPSA) is 41.6 Å². The summed E-state index contributed by atoms with van der Waals surface area (Å²) in [7, 11) is 0. The van der Waals surface area contributed by atoms with Crippen molar-refractivity contribution < 1.29 is 9.53 Å². The molecule has 0 radical (unpaired) electrons. The van der Waals surface area contributed by atoms with Crippen molar-refractivity contribution in [3.8, 4) is 0 Å². The number of nitrogens with one attached hydrogen (secondary N) is 1. The van der Waals surface area contributed by atoms with Gasteiger partial charge in [0.05, 0.1) is 0 Å². The molecule has 0 amide bonds. The Hall–Kier alpha value is -0.610. The molecule has 0 aromatic heterocycles. The Morgan fingerprint density at radius 3 is 2.80 bits per heavy atom. The third-order valence-corrected chi connectivity index (χ3v) is 2.94. The highest BCUT2D eigenvalue weighted by Crippen LogP contribution is 2.14. The van der Waals surface area contributed by atoms with Crippen molar-refractivity contribution in [1.82, 2.24) is 10.2 Å². The van der Waals surface area contributed by atoms with Crippen LogP contribution in [0.25, 0.3) is 0 Å². The smallest absolute Gasteiger partial charge is 0.294 e. The van der Waals surface area contributed by atoms with Gasteiger partial charge in [-0.1, -0.05) is 6.92 Å². The predicted octanol–water partition coefficient (Wildman–Crippen LogP) is 0.825. The maximum atomic E-state index is 10.2. The van der Waals surface area contributed by atoms with Crippen LogP contribution in [0.3, 0.4) is 0 Å². The summed E-state index contributed by atoms with van der Waals surface area (Å²) in [6.45, 7) is 9.46. The minimum absolute atomic E-state index is 0.397. The van der Waals surface area contributed by atoms with E-state index in [0.717, 1.165) is 19.0 Å². The second-order valence-corrected chi connectivity index (χ2v) is 4.70. The van der Waals surface area contributed by atoms with Crippen molar-refractivity contribution in [2.24, 2.45) is 5.92 Å². The number of hydrogen-bond donors (Lipinski definition) is 1. The van der Waals surface area contributed by atoms with Crippen LogP contribution in [-0.4, -0.2) is 43.3 Å². The van der Waals surface area contributed by atoms with E-state index in [9.17, 15) is 4.79 Å². The first-order chi connectivity index (χ1) is 7.13. The predicted molar refractivity (Wildman–Crippen MR) is 59.4 cm³/mol. The van der Waals surface area contributed by atoms with Crippen LogP contribution in [0.1, 0.15) is 27.2 Å². The summed E-state index contributed by atoms with van der Waals surface area (Å²) in [6.07, 6.45) is 1.21. The lowest BCUT2D eigenvalue weighted by Crippen LogP contribution is -2.42. The average molecular weight is 214 g/mol. The van der Waals surface area contributed by atoms with Crippen molar-refractivity contribution in [2.45, 2.75) is 39.3 Å². The Morgan fingerprint density at radius 2 is 2.33 bits per heavy atom. The third-order valence-electron chi connectivity index (χ3n) is 2.94. The molecule has 0 aromatic carbocycles. The molecule has 1 aliphatic heterocycles. The lowest BCUT2D eigenvalue weighted by atomic mass is 10.1. The van der Waals surface area contributed by atoms with Gasteiger partial charge in [-0.05, 0) is 32.7 Å². The van der Waals surface area contributed by atoms with E-state index < -0.39 is 0 Å². The first-order valence-electron chi connectivity index (χ1n) is 5.66. The van der Waals surface area contributed by atoms with Gasteiger partial charge in [-0.25, -0.2) is 0 Å². The van der Waals surface area contributed by atoms with Gasteiger partial charge in [0.1, 0.15) is 6.73 Å². The second kappa shape index (κ2) is 6.08. The van der Waals surface area contributed by atoms with Gasteiger partial charge in [-0.15, -0.1) is 0 Å². The maximum Gasteiger partial charge on any atom is 0.294 e. The number of carbonyl (C=O) groups is 1. The molecule has 1 fully saturated rings. The van der Waals surface area contributed by atoms with Gasteiger partial charge in [0.2, 0.25) is 0 Å². The Bertz CT molecular complexity index is 197. The molecule has 0 aromatic rings. The third kappa shape index (κ3) is 4.18. The number of nitrogens with zero attached hydrogens (tertiary/aromatic N) is 1. The quantitative estimate of drug-likeness (QED) is 0.525. The Kier molecular flexibility index (Phi) is 5.05. The van der Waals surface area contributed by atoms with Crippen molar-refractivity contribution in [3.05, 3.63) is 0 Å². The summed E-state index contributed by atoms with van der Waals surface area (Å²) in [6, 6.07) is 0.945. The Balaban J connectivity index is 2.33. The highest BCUT2D eigenvalue weighted by molar-refractivity contribution is 5.36. The van der Waals surface area contributed by atoms with Crippen molar-refractivity contribution in [3.63, 3.8) is 0 Å². The molecular weight excluding hydrogens is 192 g/mol. The zero-order valence-corrected chi connectivity index (χ0v) is 9.90. The van der Waals surface area contributed by atoms with Crippen LogP contribution in [0.15, 0.2) is 0 Å². The van der Waals surface area contributed by atoms with E-state index in [1.54, 1.807) is 0 Å². The summed E-state index contributed by atoms with van der Waals surface area (Å²) in [4.78, 5) is 12.3. The fourth-order valence-corrected chi connectivity index (χ4v) is 1.98. The summed E-state index contributed by atoms with van der Waals surface area (Å²) < 4.78 is 4.81. The van der Waals surface area contributed by atoms with E-state index >= 15 is 0 Å². The van der Waals surface area contributed by atoms with Gasteiger partial charge < -0.3 is 10.1 Å². The lowest BCUT2D eigenvalue weighted by Gasteiger charge is -2.27. The van der Waals surface area contributed by atoms with Crippen LogP contribution in [0, 0.1) is 5.92 Å². The van der Waals surface area contributed by atoms with Crippen LogP contribution in [0.4, 0.5) is 0 Å². The highest BCUT2D eigenvalue weighted by atomic mass is 16.5. The van der Waals surface area contributed by atoms with Gasteiger partial charge >= 0.3 is 0 Å². The van der Waals surface area contributed by atoms with E-state index in [1.807, 2.05) is 0 Å². The molecule has 1 saturated heterocycles. The standard InChI is InChI=1S/C11H22N2O2/c1-9(2)13(7-15-8-14)6-11-4-10(3)5-12-11/h8-12H,4-7H2,1-3H3. The fraction of sp³-hybridized carbons (Fsp3) is 0.909. The molecule has 4 nitrogen and oxygen atoms in total. The molecule has 1 rings (SSSR count). The summed E-state index contributed by atoms with van der Waals surface area (Å²) in [5.74, 6) is 0.760. The van der Waals surface area contributed by atoms with Crippen LogP contribution in [0.2, 0.25) is 0 Å². The largest absolute Gasteiger partial charge is 0.452 e. The van der Waals surface area contributed by atoms with Crippen LogP contribution >= 0.6 is 0 Å². The van der Waals surface area contributed by atoms with Gasteiger partial charge in [-0.3, -0.25) is 9.69 Å². The van der Waals surface area contributed by atoms with Crippen molar-refractivity contribution in [2.75, 3.05) is 19.8 Å². The summed E-state index contributed by atoms with van der Waals surface area (Å²) in [5, 5.41) is 3.48. The van der Waals surface area contributed by atoms with Crippen LogP contribution in [0.5, 0.6) is 0 Å². The molecule has 0 saturated carbocycles. The van der Waals surface area contributed by atoms with E-state index in [2.05, 4.69) is 31.0 Å². The maximum absolute atomic E-state index is 10.2. The van der Waals surface area contributed by atoms with Crippen LogP contribution < -0.4 is 5.32 Å². The van der Waals surface area contributed by atoms with Gasteiger partial charge in [0, 0.05) is 18.6 Å². The van der Waals surface area contributed by atoms with Crippen molar-refractivity contribution in [1.29, 1.82) is 0 Å². The zero-order valence-electron chi connectivity index (χ0n) is 9.90. The zero-order chi connectivity index (χ0) is 11.3. The molecule has 0 bridgehead atoms. The fourth-order valence-electron chi connectivity index (χ4n) is 1.98. The first kappa shape index (κ1) is 12.5. The summed E-state index contributed by atoms with van der Waals surface area (Å²) >= 11 is 0. The minimum Gasteiger partial charge on any atom is -0.452 e. The molecular formula is C11H22N2O2. The molecule has 2 atom stereocenters. The number of carbonyl (C=O) groups excluding carboxylic acids is 1. The molecule has 0 aliphatic carbocycles. The minimum atomic E-state index is 0.397. The Labute approximate surface area is 92.0 Å². The average Bonchev–Trinajstić information content (AvgIpc) is 2.58. The summed E-state index contributed by atoms with van der Waals surface area (Å²) in [5.41, 5.74) is 0. The van der Waals surface area contributed by atoms with Gasteiger partial charge in [0.15, 0.2) is 0 Å². The van der Waals surface area contributed by atoms with E-state index in [0.29, 0.717) is 25.3 Å². The normalized spacial score (nSPS) is 26.2. The highest BCUT2D eigenvalue weighted by Gasteiger charge is 2.23. The molecule has 88 valence electrons. The second-order valence-electron chi connectivity index (χ2n) is 4.70. The molecule has 1 N–H and O–H groups in total. The molecule has 1 aliphatic rings. The molecule has 4 heteroatoms.